The second kappa shape index (κ2) is 4.16. The molecular weight excluding hydrogens is 288 g/mol. The Bertz CT molecular complexity index is 549. The molecule has 0 aromatic carbocycles. The number of hydrogen-bond donors (Lipinski definition) is 3. The van der Waals surface area contributed by atoms with E-state index in [1.807, 2.05) is 0 Å². The summed E-state index contributed by atoms with van der Waals surface area (Å²) in [6.07, 6.45) is 7.75. The first-order valence-corrected chi connectivity index (χ1v) is 9.75. The van der Waals surface area contributed by atoms with E-state index in [0.29, 0.717) is 12.5 Å². The molecule has 6 fully saturated rings. The third-order valence-corrected chi connectivity index (χ3v) is 9.77. The fourth-order valence-corrected chi connectivity index (χ4v) is 9.16. The molecule has 3 nitrogen and oxygen atoms in total. The van der Waals surface area contributed by atoms with E-state index in [-0.39, 0.29) is 40.3 Å². The van der Waals surface area contributed by atoms with Crippen molar-refractivity contribution in [1.29, 1.82) is 0 Å². The Morgan fingerprint density at radius 3 is 2.43 bits per heavy atom. The van der Waals surface area contributed by atoms with E-state index in [1.165, 1.54) is 25.7 Å². The van der Waals surface area contributed by atoms with Crippen LogP contribution in [-0.4, -0.2) is 34.6 Å². The van der Waals surface area contributed by atoms with Crippen molar-refractivity contribution < 1.29 is 15.3 Å². The highest BCUT2D eigenvalue weighted by atomic mass is 16.3. The molecule has 1 spiro atoms. The Hall–Kier alpha value is -0.120. The molecule has 9 unspecified atom stereocenters. The highest BCUT2D eigenvalue weighted by Crippen LogP contribution is 2.85. The van der Waals surface area contributed by atoms with Gasteiger partial charge in [0.15, 0.2) is 0 Å². The van der Waals surface area contributed by atoms with Crippen LogP contribution in [0.5, 0.6) is 0 Å². The Morgan fingerprint density at radius 1 is 1.00 bits per heavy atom. The number of fused-ring (bicyclic) bond motifs is 1. The zero-order valence-electron chi connectivity index (χ0n) is 14.6. The average molecular weight is 320 g/mol. The Kier molecular flexibility index (Phi) is 2.74. The van der Waals surface area contributed by atoms with E-state index < -0.39 is 0 Å². The van der Waals surface area contributed by atoms with Gasteiger partial charge in [-0.1, -0.05) is 20.3 Å². The van der Waals surface area contributed by atoms with Crippen LogP contribution >= 0.6 is 0 Å². The smallest absolute Gasteiger partial charge is 0.0585 e. The largest absolute Gasteiger partial charge is 0.396 e. The summed E-state index contributed by atoms with van der Waals surface area (Å²) in [5, 5.41) is 31.2. The maximum atomic E-state index is 11.2. The molecule has 6 rings (SSSR count). The molecule has 0 radical (unpaired) electrons. The topological polar surface area (TPSA) is 60.7 Å². The van der Waals surface area contributed by atoms with Gasteiger partial charge in [-0.05, 0) is 78.4 Å². The number of aliphatic hydroxyl groups excluding tert-OH is 3. The molecule has 0 aromatic rings. The lowest BCUT2D eigenvalue weighted by molar-refractivity contribution is -0.219. The quantitative estimate of drug-likeness (QED) is 0.733. The molecule has 6 saturated carbocycles. The van der Waals surface area contributed by atoms with Gasteiger partial charge in [0.05, 0.1) is 6.10 Å². The van der Waals surface area contributed by atoms with Crippen molar-refractivity contribution in [3.8, 4) is 0 Å². The molecule has 23 heavy (non-hydrogen) atoms. The normalized spacial score (nSPS) is 65.9. The fourth-order valence-electron chi connectivity index (χ4n) is 9.16. The molecule has 0 aromatic heterocycles. The summed E-state index contributed by atoms with van der Waals surface area (Å²) in [5.41, 5.74) is 0.559. The van der Waals surface area contributed by atoms with Gasteiger partial charge in [0, 0.05) is 18.6 Å². The lowest BCUT2D eigenvalue weighted by Gasteiger charge is -2.67. The maximum Gasteiger partial charge on any atom is 0.0585 e. The summed E-state index contributed by atoms with van der Waals surface area (Å²) in [5.74, 6) is 2.42. The van der Waals surface area contributed by atoms with Crippen molar-refractivity contribution >= 4 is 0 Å². The third kappa shape index (κ3) is 1.50. The van der Waals surface area contributed by atoms with Gasteiger partial charge in [-0.25, -0.2) is 0 Å². The first-order chi connectivity index (χ1) is 10.9. The van der Waals surface area contributed by atoms with Crippen molar-refractivity contribution in [1.82, 2.24) is 0 Å². The molecular formula is C20H32O3. The summed E-state index contributed by atoms with van der Waals surface area (Å²) in [6, 6.07) is 0. The van der Waals surface area contributed by atoms with Gasteiger partial charge < -0.3 is 15.3 Å². The van der Waals surface area contributed by atoms with E-state index in [0.717, 1.165) is 31.1 Å². The summed E-state index contributed by atoms with van der Waals surface area (Å²) in [7, 11) is 0. The van der Waals surface area contributed by atoms with E-state index in [4.69, 9.17) is 0 Å². The van der Waals surface area contributed by atoms with E-state index >= 15 is 0 Å². The first kappa shape index (κ1) is 15.2. The standard InChI is InChI=1S/C20H32O3/c1-17(10-21)4-3-5-18(2)15-6-12-13-7-19(15,8-14(23)16(17)18)9-20(12,13)11-22/h12-16,21-23H,3-11H2,1-2H3. The van der Waals surface area contributed by atoms with Crippen LogP contribution in [0.1, 0.15) is 58.8 Å². The molecule has 6 aliphatic carbocycles. The summed E-state index contributed by atoms with van der Waals surface area (Å²) >= 11 is 0. The zero-order chi connectivity index (χ0) is 16.3. The first-order valence-electron chi connectivity index (χ1n) is 9.75. The van der Waals surface area contributed by atoms with Crippen LogP contribution < -0.4 is 0 Å². The third-order valence-electron chi connectivity index (χ3n) is 9.77. The fraction of sp³-hybridized carbons (Fsp3) is 1.00. The summed E-state index contributed by atoms with van der Waals surface area (Å²) in [4.78, 5) is 0. The molecule has 130 valence electrons. The number of rotatable bonds is 2. The van der Waals surface area contributed by atoms with Gasteiger partial charge in [0.2, 0.25) is 0 Å². The van der Waals surface area contributed by atoms with Crippen LogP contribution in [0.15, 0.2) is 0 Å². The molecule has 4 bridgehead atoms. The lowest BCUT2D eigenvalue weighted by Crippen LogP contribution is -2.63. The monoisotopic (exact) mass is 320 g/mol. The van der Waals surface area contributed by atoms with Gasteiger partial charge in [0.25, 0.3) is 0 Å². The molecule has 6 aliphatic rings. The highest BCUT2D eigenvalue weighted by molar-refractivity contribution is 5.29. The maximum absolute atomic E-state index is 11.2. The summed E-state index contributed by atoms with van der Waals surface area (Å²) in [6.45, 7) is 5.21. The van der Waals surface area contributed by atoms with Gasteiger partial charge in [-0.3, -0.25) is 0 Å². The van der Waals surface area contributed by atoms with Crippen molar-refractivity contribution in [2.45, 2.75) is 64.9 Å². The second-order valence-corrected chi connectivity index (χ2v) is 10.6. The zero-order valence-corrected chi connectivity index (χ0v) is 14.6. The molecule has 0 aliphatic heterocycles. The predicted molar refractivity (Wildman–Crippen MR) is 87.5 cm³/mol. The lowest BCUT2D eigenvalue weighted by atomic mass is 9.39. The highest BCUT2D eigenvalue weighted by Gasteiger charge is 2.80. The van der Waals surface area contributed by atoms with Crippen molar-refractivity contribution in [2.75, 3.05) is 13.2 Å². The predicted octanol–water partition coefficient (Wildman–Crippen LogP) is 2.58. The Balaban J connectivity index is 1.57. The molecule has 0 amide bonds. The van der Waals surface area contributed by atoms with Crippen LogP contribution in [0.25, 0.3) is 0 Å². The van der Waals surface area contributed by atoms with Crippen molar-refractivity contribution in [2.24, 2.45) is 45.3 Å². The second-order valence-electron chi connectivity index (χ2n) is 10.6. The minimum atomic E-state index is -0.279. The van der Waals surface area contributed by atoms with Crippen LogP contribution in [0.3, 0.4) is 0 Å². The van der Waals surface area contributed by atoms with Crippen LogP contribution in [-0.2, 0) is 0 Å². The van der Waals surface area contributed by atoms with Crippen LogP contribution in [0.4, 0.5) is 0 Å². The van der Waals surface area contributed by atoms with Crippen LogP contribution in [0, 0.1) is 45.3 Å². The Morgan fingerprint density at radius 2 is 1.78 bits per heavy atom. The summed E-state index contributed by atoms with van der Waals surface area (Å²) < 4.78 is 0. The number of aliphatic hydroxyl groups is 3. The molecule has 3 heteroatoms. The average Bonchev–Trinajstić information content (AvgIpc) is 3.01. The van der Waals surface area contributed by atoms with E-state index in [1.54, 1.807) is 0 Å². The van der Waals surface area contributed by atoms with Gasteiger partial charge in [-0.15, -0.1) is 0 Å². The minimum absolute atomic E-state index is 0.119. The van der Waals surface area contributed by atoms with Crippen molar-refractivity contribution in [3.63, 3.8) is 0 Å². The molecule has 3 N–H and O–H groups in total. The van der Waals surface area contributed by atoms with Crippen molar-refractivity contribution in [3.05, 3.63) is 0 Å². The van der Waals surface area contributed by atoms with Gasteiger partial charge in [-0.2, -0.15) is 0 Å². The molecule has 0 saturated heterocycles. The molecule has 9 atom stereocenters. The SMILES string of the molecule is CC1(CO)CCCC2(C)C1C(O)CC13CC4C(CC12)C4(CO)C3. The Labute approximate surface area is 139 Å². The number of hydrogen-bond acceptors (Lipinski definition) is 3. The molecule has 0 heterocycles. The van der Waals surface area contributed by atoms with E-state index in [2.05, 4.69) is 13.8 Å². The van der Waals surface area contributed by atoms with Gasteiger partial charge in [0.1, 0.15) is 0 Å². The van der Waals surface area contributed by atoms with E-state index in [9.17, 15) is 15.3 Å². The minimum Gasteiger partial charge on any atom is -0.396 e. The van der Waals surface area contributed by atoms with Crippen LogP contribution in [0.2, 0.25) is 0 Å². The van der Waals surface area contributed by atoms with Gasteiger partial charge >= 0.3 is 0 Å².